The first kappa shape index (κ1) is 11.5. The van der Waals surface area contributed by atoms with Gasteiger partial charge in [0.05, 0.1) is 11.4 Å². The third-order valence-corrected chi connectivity index (χ3v) is 3.03. The highest BCUT2D eigenvalue weighted by atomic mass is 32.1. The van der Waals surface area contributed by atoms with E-state index in [1.165, 1.54) is 11.3 Å². The molecule has 0 aromatic carbocycles. The minimum atomic E-state index is -0.278. The Kier molecular flexibility index (Phi) is 3.05. The molecule has 1 amide bonds. The number of aryl methyl sites for hydroxylation is 2. The monoisotopic (exact) mass is 252 g/mol. The highest BCUT2D eigenvalue weighted by Crippen LogP contribution is 2.17. The molecule has 0 saturated heterocycles. The number of hydrogen-bond acceptors (Lipinski definition) is 6. The molecule has 0 bridgehead atoms. The quantitative estimate of drug-likeness (QED) is 0.846. The van der Waals surface area contributed by atoms with Gasteiger partial charge >= 0.3 is 0 Å². The van der Waals surface area contributed by atoms with E-state index in [-0.39, 0.29) is 5.91 Å². The summed E-state index contributed by atoms with van der Waals surface area (Å²) >= 11 is 1.20. The van der Waals surface area contributed by atoms with Gasteiger partial charge in [-0.1, -0.05) is 11.3 Å². The molecule has 2 aromatic rings. The Morgan fingerprint density at radius 1 is 1.47 bits per heavy atom. The molecule has 0 saturated carbocycles. The van der Waals surface area contributed by atoms with E-state index in [0.717, 1.165) is 5.69 Å². The lowest BCUT2D eigenvalue weighted by Crippen LogP contribution is -2.11. The molecule has 0 aliphatic heterocycles. The molecular formula is C9H12N6OS. The van der Waals surface area contributed by atoms with Crippen LogP contribution in [0.15, 0.2) is 6.20 Å². The highest BCUT2D eigenvalue weighted by molar-refractivity contribution is 7.17. The van der Waals surface area contributed by atoms with Crippen molar-refractivity contribution in [1.29, 1.82) is 0 Å². The fourth-order valence-corrected chi connectivity index (χ4v) is 1.91. The van der Waals surface area contributed by atoms with Crippen molar-refractivity contribution in [2.45, 2.75) is 6.92 Å². The number of anilines is 2. The standard InChI is InChI=1S/C9H12N6OS/c1-5-6(4-15(3)14-5)11-7(16)8-12-13-9(10-2)17-8/h4H,1-3H3,(H,10,13)(H,11,16). The zero-order valence-electron chi connectivity index (χ0n) is 9.68. The molecule has 90 valence electrons. The number of aromatic nitrogens is 4. The largest absolute Gasteiger partial charge is 0.363 e. The van der Waals surface area contributed by atoms with Gasteiger partial charge in [-0.25, -0.2) is 0 Å². The Hall–Kier alpha value is -1.96. The van der Waals surface area contributed by atoms with Crippen LogP contribution in [0.2, 0.25) is 0 Å². The van der Waals surface area contributed by atoms with Gasteiger partial charge in [-0.3, -0.25) is 9.48 Å². The van der Waals surface area contributed by atoms with Crippen LogP contribution in [0.3, 0.4) is 0 Å². The first-order valence-electron chi connectivity index (χ1n) is 4.93. The van der Waals surface area contributed by atoms with Gasteiger partial charge in [-0.2, -0.15) is 5.10 Å². The van der Waals surface area contributed by atoms with Crippen molar-refractivity contribution in [3.05, 3.63) is 16.9 Å². The first-order valence-corrected chi connectivity index (χ1v) is 5.74. The predicted octanol–water partition coefficient (Wildman–Crippen LogP) is 0.874. The summed E-state index contributed by atoms with van der Waals surface area (Å²) in [6.07, 6.45) is 1.74. The van der Waals surface area contributed by atoms with Crippen molar-refractivity contribution in [3.63, 3.8) is 0 Å². The molecule has 0 aliphatic carbocycles. The lowest BCUT2D eigenvalue weighted by molar-refractivity contribution is 0.102. The van der Waals surface area contributed by atoms with Crippen LogP contribution in [0.1, 0.15) is 15.5 Å². The number of amides is 1. The molecule has 2 rings (SSSR count). The van der Waals surface area contributed by atoms with E-state index in [0.29, 0.717) is 15.8 Å². The van der Waals surface area contributed by atoms with E-state index in [4.69, 9.17) is 0 Å². The SMILES string of the molecule is CNc1nnc(C(=O)Nc2cn(C)nc2C)s1. The Morgan fingerprint density at radius 3 is 2.76 bits per heavy atom. The van der Waals surface area contributed by atoms with Gasteiger partial charge in [0.25, 0.3) is 5.91 Å². The lowest BCUT2D eigenvalue weighted by atomic mass is 10.4. The summed E-state index contributed by atoms with van der Waals surface area (Å²) in [5.74, 6) is -0.278. The van der Waals surface area contributed by atoms with Crippen LogP contribution in [0.4, 0.5) is 10.8 Å². The summed E-state index contributed by atoms with van der Waals surface area (Å²) in [5.41, 5.74) is 1.44. The summed E-state index contributed by atoms with van der Waals surface area (Å²) in [4.78, 5) is 11.8. The zero-order chi connectivity index (χ0) is 12.4. The number of hydrogen-bond donors (Lipinski definition) is 2. The molecule has 0 unspecified atom stereocenters. The number of carbonyl (C=O) groups excluding carboxylic acids is 1. The van der Waals surface area contributed by atoms with E-state index >= 15 is 0 Å². The molecule has 0 radical (unpaired) electrons. The van der Waals surface area contributed by atoms with Crippen LogP contribution in [0.5, 0.6) is 0 Å². The number of nitrogens with one attached hydrogen (secondary N) is 2. The van der Waals surface area contributed by atoms with Crippen LogP contribution in [-0.4, -0.2) is 32.9 Å². The lowest BCUT2D eigenvalue weighted by Gasteiger charge is -1.98. The van der Waals surface area contributed by atoms with Crippen LogP contribution in [-0.2, 0) is 7.05 Å². The van der Waals surface area contributed by atoms with Crippen LogP contribution < -0.4 is 10.6 Å². The maximum Gasteiger partial charge on any atom is 0.286 e. The molecule has 17 heavy (non-hydrogen) atoms. The summed E-state index contributed by atoms with van der Waals surface area (Å²) in [7, 11) is 3.53. The zero-order valence-corrected chi connectivity index (χ0v) is 10.5. The molecular weight excluding hydrogens is 240 g/mol. The number of rotatable bonds is 3. The number of nitrogens with zero attached hydrogens (tertiary/aromatic N) is 4. The molecule has 0 spiro atoms. The summed E-state index contributed by atoms with van der Waals surface area (Å²) in [6, 6.07) is 0. The van der Waals surface area contributed by atoms with Crippen molar-refractivity contribution < 1.29 is 4.79 Å². The van der Waals surface area contributed by atoms with Crippen molar-refractivity contribution in [2.75, 3.05) is 17.7 Å². The van der Waals surface area contributed by atoms with Gasteiger partial charge in [0.15, 0.2) is 0 Å². The Labute approximate surface area is 102 Å². The topological polar surface area (TPSA) is 84.7 Å². The molecule has 2 N–H and O–H groups in total. The van der Waals surface area contributed by atoms with E-state index in [9.17, 15) is 4.79 Å². The van der Waals surface area contributed by atoms with E-state index < -0.39 is 0 Å². The van der Waals surface area contributed by atoms with Crippen molar-refractivity contribution in [1.82, 2.24) is 20.0 Å². The maximum atomic E-state index is 11.8. The van der Waals surface area contributed by atoms with Crippen molar-refractivity contribution in [3.8, 4) is 0 Å². The van der Waals surface area contributed by atoms with Crippen LogP contribution in [0, 0.1) is 6.92 Å². The average Bonchev–Trinajstić information content (AvgIpc) is 2.86. The Bertz CT molecular complexity index is 545. The fraction of sp³-hybridized carbons (Fsp3) is 0.333. The molecule has 2 aromatic heterocycles. The number of carbonyl (C=O) groups is 1. The van der Waals surface area contributed by atoms with Crippen LogP contribution >= 0.6 is 11.3 Å². The van der Waals surface area contributed by atoms with Gasteiger partial charge in [0.1, 0.15) is 0 Å². The molecule has 7 nitrogen and oxygen atoms in total. The Morgan fingerprint density at radius 2 is 2.24 bits per heavy atom. The Balaban J connectivity index is 2.14. The van der Waals surface area contributed by atoms with E-state index in [1.807, 2.05) is 6.92 Å². The minimum Gasteiger partial charge on any atom is -0.363 e. The summed E-state index contributed by atoms with van der Waals surface area (Å²) in [6.45, 7) is 1.83. The molecule has 8 heteroatoms. The van der Waals surface area contributed by atoms with Gasteiger partial charge in [0, 0.05) is 20.3 Å². The minimum absolute atomic E-state index is 0.278. The van der Waals surface area contributed by atoms with Gasteiger partial charge in [-0.05, 0) is 6.92 Å². The van der Waals surface area contributed by atoms with Gasteiger partial charge in [0.2, 0.25) is 10.1 Å². The third kappa shape index (κ3) is 2.41. The fourth-order valence-electron chi connectivity index (χ4n) is 1.31. The smallest absolute Gasteiger partial charge is 0.286 e. The molecule has 0 fully saturated rings. The molecule has 0 atom stereocenters. The summed E-state index contributed by atoms with van der Waals surface area (Å²) < 4.78 is 1.64. The van der Waals surface area contributed by atoms with Gasteiger partial charge < -0.3 is 10.6 Å². The molecule has 0 aliphatic rings. The van der Waals surface area contributed by atoms with E-state index in [2.05, 4.69) is 25.9 Å². The van der Waals surface area contributed by atoms with Crippen LogP contribution in [0.25, 0.3) is 0 Å². The second-order valence-corrected chi connectivity index (χ2v) is 4.40. The van der Waals surface area contributed by atoms with Crippen molar-refractivity contribution in [2.24, 2.45) is 7.05 Å². The summed E-state index contributed by atoms with van der Waals surface area (Å²) in [5, 5.41) is 18.2. The third-order valence-electron chi connectivity index (χ3n) is 2.09. The molecule has 2 heterocycles. The predicted molar refractivity (Wildman–Crippen MR) is 65.4 cm³/mol. The van der Waals surface area contributed by atoms with Crippen molar-refractivity contribution >= 4 is 28.1 Å². The average molecular weight is 252 g/mol. The van der Waals surface area contributed by atoms with Gasteiger partial charge in [-0.15, -0.1) is 10.2 Å². The van der Waals surface area contributed by atoms with E-state index in [1.54, 1.807) is 25.0 Å². The maximum absolute atomic E-state index is 11.8. The first-order chi connectivity index (χ1) is 8.10. The normalized spacial score (nSPS) is 10.3. The second kappa shape index (κ2) is 4.50. The highest BCUT2D eigenvalue weighted by Gasteiger charge is 2.14. The second-order valence-electron chi connectivity index (χ2n) is 3.42.